The number of piperazine rings is 1. The summed E-state index contributed by atoms with van der Waals surface area (Å²) in [6.45, 7) is 10.1. The number of hydrogen-bond acceptors (Lipinski definition) is 3. The molecule has 1 aromatic rings. The molecule has 116 valence electrons. The molecule has 1 aliphatic heterocycles. The van der Waals surface area contributed by atoms with Crippen LogP contribution in [0.15, 0.2) is 24.3 Å². The van der Waals surface area contributed by atoms with Crippen LogP contribution in [0.5, 0.6) is 0 Å². The Morgan fingerprint density at radius 2 is 1.76 bits per heavy atom. The summed E-state index contributed by atoms with van der Waals surface area (Å²) in [6.07, 6.45) is 0. The van der Waals surface area contributed by atoms with E-state index in [9.17, 15) is 4.79 Å². The lowest BCUT2D eigenvalue weighted by atomic mass is 10.1. The summed E-state index contributed by atoms with van der Waals surface area (Å²) in [5, 5.41) is 3.37. The van der Waals surface area contributed by atoms with E-state index < -0.39 is 0 Å². The highest BCUT2D eigenvalue weighted by Gasteiger charge is 2.30. The van der Waals surface area contributed by atoms with Crippen LogP contribution in [0.3, 0.4) is 0 Å². The lowest BCUT2D eigenvalue weighted by Gasteiger charge is -2.42. The van der Waals surface area contributed by atoms with Crippen LogP contribution < -0.4 is 5.32 Å². The number of rotatable bonds is 3. The Bertz CT molecular complexity index is 489. The highest BCUT2D eigenvalue weighted by molar-refractivity contribution is 5.99. The molecule has 2 atom stereocenters. The average Bonchev–Trinajstić information content (AvgIpc) is 2.43. The molecule has 1 amide bonds. The van der Waals surface area contributed by atoms with Crippen molar-refractivity contribution in [2.75, 3.05) is 25.5 Å². The molecule has 21 heavy (non-hydrogen) atoms. The predicted molar refractivity (Wildman–Crippen MR) is 87.8 cm³/mol. The maximum Gasteiger partial charge on any atom is 0.256 e. The predicted octanol–water partition coefficient (Wildman–Crippen LogP) is 2.67. The number of benzene rings is 1. The highest BCUT2D eigenvalue weighted by Crippen LogP contribution is 2.21. The molecule has 2 rings (SSSR count). The molecular weight excluding hydrogens is 262 g/mol. The monoisotopic (exact) mass is 289 g/mol. The van der Waals surface area contributed by atoms with Crippen molar-refractivity contribution in [1.29, 1.82) is 0 Å². The van der Waals surface area contributed by atoms with Gasteiger partial charge in [-0.15, -0.1) is 0 Å². The summed E-state index contributed by atoms with van der Waals surface area (Å²) >= 11 is 0. The average molecular weight is 289 g/mol. The Morgan fingerprint density at radius 3 is 2.33 bits per heavy atom. The van der Waals surface area contributed by atoms with Gasteiger partial charge < -0.3 is 10.2 Å². The molecule has 2 unspecified atom stereocenters. The first-order valence-corrected chi connectivity index (χ1v) is 7.77. The molecule has 1 heterocycles. The number of carbonyl (C=O) groups excluding carboxylic acids is 1. The van der Waals surface area contributed by atoms with Crippen LogP contribution in [0.25, 0.3) is 0 Å². The summed E-state index contributed by atoms with van der Waals surface area (Å²) in [5.74, 6) is 0.130. The van der Waals surface area contributed by atoms with E-state index in [0.29, 0.717) is 18.1 Å². The van der Waals surface area contributed by atoms with E-state index in [-0.39, 0.29) is 5.91 Å². The van der Waals surface area contributed by atoms with Gasteiger partial charge >= 0.3 is 0 Å². The van der Waals surface area contributed by atoms with Crippen molar-refractivity contribution >= 4 is 11.6 Å². The molecular formula is C17H27N3O. The normalized spacial score (nSPS) is 23.4. The molecule has 0 saturated carbocycles. The second-order valence-corrected chi connectivity index (χ2v) is 6.42. The van der Waals surface area contributed by atoms with Crippen LogP contribution in [0.1, 0.15) is 38.1 Å². The zero-order chi connectivity index (χ0) is 15.6. The van der Waals surface area contributed by atoms with Gasteiger partial charge in [-0.2, -0.15) is 0 Å². The largest absolute Gasteiger partial charge is 0.382 e. The van der Waals surface area contributed by atoms with Gasteiger partial charge in [-0.05, 0) is 46.9 Å². The van der Waals surface area contributed by atoms with Crippen molar-refractivity contribution < 1.29 is 4.79 Å². The summed E-state index contributed by atoms with van der Waals surface area (Å²) in [5.41, 5.74) is 1.70. The quantitative estimate of drug-likeness (QED) is 0.929. The maximum absolute atomic E-state index is 12.9. The zero-order valence-corrected chi connectivity index (χ0v) is 13.8. The topological polar surface area (TPSA) is 35.6 Å². The van der Waals surface area contributed by atoms with Crippen LogP contribution in [0, 0.1) is 0 Å². The molecule has 0 bridgehead atoms. The lowest BCUT2D eigenvalue weighted by Crippen LogP contribution is -2.56. The number of para-hydroxylation sites is 1. The van der Waals surface area contributed by atoms with Crippen molar-refractivity contribution in [1.82, 2.24) is 9.80 Å². The van der Waals surface area contributed by atoms with E-state index in [1.807, 2.05) is 29.2 Å². The Kier molecular flexibility index (Phi) is 4.88. The van der Waals surface area contributed by atoms with Gasteiger partial charge in [0.1, 0.15) is 0 Å². The fraction of sp³-hybridized carbons (Fsp3) is 0.588. The molecule has 1 N–H and O–H groups in total. The van der Waals surface area contributed by atoms with Gasteiger partial charge in [0, 0.05) is 36.9 Å². The molecule has 1 saturated heterocycles. The SMILES string of the molecule is CC(C)Nc1ccccc1C(=O)N1CC(C)N(C)C(C)C1. The zero-order valence-electron chi connectivity index (χ0n) is 13.8. The smallest absolute Gasteiger partial charge is 0.256 e. The number of carbonyl (C=O) groups is 1. The molecule has 1 aliphatic rings. The van der Waals surface area contributed by atoms with E-state index in [4.69, 9.17) is 0 Å². The standard InChI is InChI=1S/C17H27N3O/c1-12(2)18-16-9-7-6-8-15(16)17(21)20-10-13(3)19(5)14(4)11-20/h6-9,12-14,18H,10-11H2,1-5H3. The van der Waals surface area contributed by atoms with Gasteiger partial charge in [-0.3, -0.25) is 9.69 Å². The molecule has 1 fully saturated rings. The first-order valence-electron chi connectivity index (χ1n) is 7.77. The van der Waals surface area contributed by atoms with Gasteiger partial charge in [-0.25, -0.2) is 0 Å². The molecule has 4 heteroatoms. The number of hydrogen-bond donors (Lipinski definition) is 1. The Labute approximate surface area is 128 Å². The van der Waals surface area contributed by atoms with Gasteiger partial charge in [0.15, 0.2) is 0 Å². The summed E-state index contributed by atoms with van der Waals surface area (Å²) < 4.78 is 0. The second kappa shape index (κ2) is 6.48. The molecule has 0 aromatic heterocycles. The van der Waals surface area contributed by atoms with Gasteiger partial charge in [0.05, 0.1) is 5.56 Å². The van der Waals surface area contributed by atoms with Crippen LogP contribution in [0.4, 0.5) is 5.69 Å². The fourth-order valence-electron chi connectivity index (χ4n) is 2.85. The highest BCUT2D eigenvalue weighted by atomic mass is 16.2. The van der Waals surface area contributed by atoms with E-state index in [1.165, 1.54) is 0 Å². The molecule has 4 nitrogen and oxygen atoms in total. The van der Waals surface area contributed by atoms with Crippen LogP contribution in [-0.2, 0) is 0 Å². The minimum Gasteiger partial charge on any atom is -0.382 e. The van der Waals surface area contributed by atoms with Crippen molar-refractivity contribution in [2.45, 2.75) is 45.8 Å². The van der Waals surface area contributed by atoms with Gasteiger partial charge in [0.25, 0.3) is 5.91 Å². The fourth-order valence-corrected chi connectivity index (χ4v) is 2.85. The van der Waals surface area contributed by atoms with Crippen molar-refractivity contribution in [3.63, 3.8) is 0 Å². The second-order valence-electron chi connectivity index (χ2n) is 6.42. The first kappa shape index (κ1) is 15.8. The number of nitrogens with zero attached hydrogens (tertiary/aromatic N) is 2. The van der Waals surface area contributed by atoms with Crippen molar-refractivity contribution in [2.24, 2.45) is 0 Å². The summed E-state index contributed by atoms with van der Waals surface area (Å²) in [6, 6.07) is 8.89. The number of nitrogens with one attached hydrogen (secondary N) is 1. The minimum atomic E-state index is 0.130. The van der Waals surface area contributed by atoms with E-state index >= 15 is 0 Å². The lowest BCUT2D eigenvalue weighted by molar-refractivity contribution is 0.0415. The third-order valence-electron chi connectivity index (χ3n) is 4.25. The summed E-state index contributed by atoms with van der Waals surface area (Å²) in [4.78, 5) is 17.2. The Hall–Kier alpha value is -1.55. The molecule has 0 spiro atoms. The third kappa shape index (κ3) is 3.56. The number of amides is 1. The molecule has 0 radical (unpaired) electrons. The van der Waals surface area contributed by atoms with Crippen molar-refractivity contribution in [3.05, 3.63) is 29.8 Å². The van der Waals surface area contributed by atoms with E-state index in [0.717, 1.165) is 24.3 Å². The van der Waals surface area contributed by atoms with Gasteiger partial charge in [-0.1, -0.05) is 12.1 Å². The molecule has 1 aromatic carbocycles. The van der Waals surface area contributed by atoms with E-state index in [2.05, 4.69) is 45.0 Å². The van der Waals surface area contributed by atoms with E-state index in [1.54, 1.807) is 0 Å². The van der Waals surface area contributed by atoms with Gasteiger partial charge in [0.2, 0.25) is 0 Å². The minimum absolute atomic E-state index is 0.130. The van der Waals surface area contributed by atoms with Crippen molar-refractivity contribution in [3.8, 4) is 0 Å². The summed E-state index contributed by atoms with van der Waals surface area (Å²) in [7, 11) is 2.13. The van der Waals surface area contributed by atoms with Crippen LogP contribution in [0.2, 0.25) is 0 Å². The van der Waals surface area contributed by atoms with Crippen LogP contribution in [-0.4, -0.2) is 54.0 Å². The maximum atomic E-state index is 12.9. The number of likely N-dealkylation sites (N-methyl/N-ethyl adjacent to an activating group) is 1. The molecule has 0 aliphatic carbocycles. The third-order valence-corrected chi connectivity index (χ3v) is 4.25. The van der Waals surface area contributed by atoms with Crippen LogP contribution >= 0.6 is 0 Å². The Morgan fingerprint density at radius 1 is 1.19 bits per heavy atom. The first-order chi connectivity index (χ1) is 9.90. The number of anilines is 1. The Balaban J connectivity index is 2.20.